The molecule has 0 saturated carbocycles. The zero-order chi connectivity index (χ0) is 24.5. The van der Waals surface area contributed by atoms with E-state index in [0.29, 0.717) is 11.3 Å². The molecule has 0 spiro atoms. The summed E-state index contributed by atoms with van der Waals surface area (Å²) in [6, 6.07) is 17.8. The lowest BCUT2D eigenvalue weighted by Gasteiger charge is -2.15. The summed E-state index contributed by atoms with van der Waals surface area (Å²) in [6.07, 6.45) is 3.24. The van der Waals surface area contributed by atoms with E-state index in [4.69, 9.17) is 23.7 Å². The molecule has 0 radical (unpaired) electrons. The van der Waals surface area contributed by atoms with Gasteiger partial charge in [0.15, 0.2) is 0 Å². The molecule has 0 saturated heterocycles. The third-order valence-electron chi connectivity index (χ3n) is 5.83. The van der Waals surface area contributed by atoms with Gasteiger partial charge in [0.05, 0.1) is 35.5 Å². The van der Waals surface area contributed by atoms with E-state index >= 15 is 0 Å². The van der Waals surface area contributed by atoms with Crippen molar-refractivity contribution in [1.29, 1.82) is 0 Å². The molecule has 0 unspecified atom stereocenters. The smallest absolute Gasteiger partial charge is 0.341 e. The fourth-order valence-corrected chi connectivity index (χ4v) is 4.03. The molecule has 6 heteroatoms. The van der Waals surface area contributed by atoms with Crippen molar-refractivity contribution >= 4 is 5.97 Å². The van der Waals surface area contributed by atoms with Gasteiger partial charge in [-0.3, -0.25) is 0 Å². The van der Waals surface area contributed by atoms with Crippen LogP contribution in [-0.4, -0.2) is 41.5 Å². The molecular formula is C28H32O6. The van der Waals surface area contributed by atoms with E-state index in [1.807, 2.05) is 30.3 Å². The number of ether oxygens (including phenoxy) is 5. The number of carbonyl (C=O) groups is 1. The topological polar surface area (TPSA) is 63.2 Å². The van der Waals surface area contributed by atoms with Crippen molar-refractivity contribution in [2.75, 3.05) is 35.5 Å². The minimum atomic E-state index is -0.411. The average Bonchev–Trinajstić information content (AvgIpc) is 2.89. The fraction of sp³-hybridized carbons (Fsp3) is 0.321. The van der Waals surface area contributed by atoms with Crippen LogP contribution in [0, 0.1) is 0 Å². The first kappa shape index (κ1) is 25.0. The van der Waals surface area contributed by atoms with Gasteiger partial charge in [-0.25, -0.2) is 4.79 Å². The summed E-state index contributed by atoms with van der Waals surface area (Å²) in [5.41, 5.74) is 4.92. The first-order valence-corrected chi connectivity index (χ1v) is 11.1. The third kappa shape index (κ3) is 6.01. The quantitative estimate of drug-likeness (QED) is 0.369. The molecule has 0 aromatic heterocycles. The van der Waals surface area contributed by atoms with E-state index in [2.05, 4.69) is 18.2 Å². The second-order valence-corrected chi connectivity index (χ2v) is 7.86. The lowest BCUT2D eigenvalue weighted by molar-refractivity contribution is 0.0597. The van der Waals surface area contributed by atoms with Crippen molar-refractivity contribution in [2.45, 2.75) is 25.7 Å². The first-order valence-electron chi connectivity index (χ1n) is 11.1. The Labute approximate surface area is 201 Å². The van der Waals surface area contributed by atoms with Gasteiger partial charge in [-0.2, -0.15) is 0 Å². The Morgan fingerprint density at radius 3 is 1.79 bits per heavy atom. The van der Waals surface area contributed by atoms with E-state index in [9.17, 15) is 4.79 Å². The van der Waals surface area contributed by atoms with E-state index < -0.39 is 5.97 Å². The number of carbonyl (C=O) groups excluding carboxylic acids is 1. The zero-order valence-corrected chi connectivity index (χ0v) is 20.5. The summed E-state index contributed by atoms with van der Waals surface area (Å²) in [5.74, 6) is 2.58. The number of rotatable bonds is 11. The van der Waals surface area contributed by atoms with Gasteiger partial charge in [-0.15, -0.1) is 0 Å². The summed E-state index contributed by atoms with van der Waals surface area (Å²) < 4.78 is 26.8. The van der Waals surface area contributed by atoms with Gasteiger partial charge in [0.25, 0.3) is 0 Å². The molecule has 0 amide bonds. The second-order valence-electron chi connectivity index (χ2n) is 7.86. The zero-order valence-electron chi connectivity index (χ0n) is 20.5. The number of hydrogen-bond donors (Lipinski definition) is 0. The summed E-state index contributed by atoms with van der Waals surface area (Å²) in [5, 5.41) is 0. The van der Waals surface area contributed by atoms with Crippen LogP contribution >= 0.6 is 0 Å². The monoisotopic (exact) mass is 464 g/mol. The van der Waals surface area contributed by atoms with E-state index in [0.717, 1.165) is 65.2 Å². The van der Waals surface area contributed by atoms with Crippen molar-refractivity contribution in [3.63, 3.8) is 0 Å². The molecule has 0 N–H and O–H groups in total. The maximum atomic E-state index is 11.9. The maximum Gasteiger partial charge on any atom is 0.341 e. The highest BCUT2D eigenvalue weighted by Gasteiger charge is 2.14. The minimum absolute atomic E-state index is 0.411. The van der Waals surface area contributed by atoms with Crippen molar-refractivity contribution < 1.29 is 28.5 Å². The molecule has 3 aromatic carbocycles. The lowest BCUT2D eigenvalue weighted by Crippen LogP contribution is -2.05. The van der Waals surface area contributed by atoms with Crippen molar-refractivity contribution in [3.05, 3.63) is 82.4 Å². The summed E-state index contributed by atoms with van der Waals surface area (Å²) in [4.78, 5) is 11.9. The molecule has 0 heterocycles. The Morgan fingerprint density at radius 1 is 0.647 bits per heavy atom. The average molecular weight is 465 g/mol. The Morgan fingerprint density at radius 2 is 1.26 bits per heavy atom. The molecule has 0 fully saturated rings. The summed E-state index contributed by atoms with van der Waals surface area (Å²) >= 11 is 0. The van der Waals surface area contributed by atoms with Crippen LogP contribution in [0.3, 0.4) is 0 Å². The summed E-state index contributed by atoms with van der Waals surface area (Å²) in [6.45, 7) is 0. The molecule has 0 aliphatic rings. The van der Waals surface area contributed by atoms with E-state index in [1.54, 1.807) is 34.5 Å². The Balaban J connectivity index is 1.74. The highest BCUT2D eigenvalue weighted by molar-refractivity contribution is 5.92. The minimum Gasteiger partial charge on any atom is -0.497 e. The predicted molar refractivity (Wildman–Crippen MR) is 132 cm³/mol. The number of hydrogen-bond acceptors (Lipinski definition) is 6. The van der Waals surface area contributed by atoms with Crippen LogP contribution in [0.2, 0.25) is 0 Å². The van der Waals surface area contributed by atoms with Gasteiger partial charge < -0.3 is 23.7 Å². The summed E-state index contributed by atoms with van der Waals surface area (Å²) in [7, 11) is 7.94. The van der Waals surface area contributed by atoms with Crippen molar-refractivity contribution in [2.24, 2.45) is 0 Å². The molecular weight excluding hydrogens is 432 g/mol. The molecule has 6 nitrogen and oxygen atoms in total. The largest absolute Gasteiger partial charge is 0.497 e. The highest BCUT2D eigenvalue weighted by atomic mass is 16.5. The normalized spacial score (nSPS) is 10.5. The molecule has 3 rings (SSSR count). The Bertz CT molecular complexity index is 1100. The van der Waals surface area contributed by atoms with Crippen LogP contribution in [-0.2, 0) is 30.4 Å². The van der Waals surface area contributed by atoms with Gasteiger partial charge >= 0.3 is 5.97 Å². The van der Waals surface area contributed by atoms with Gasteiger partial charge in [0.2, 0.25) is 0 Å². The molecule has 0 bridgehead atoms. The Kier molecular flexibility index (Phi) is 8.79. The molecule has 34 heavy (non-hydrogen) atoms. The van der Waals surface area contributed by atoms with Crippen LogP contribution in [0.4, 0.5) is 0 Å². The van der Waals surface area contributed by atoms with Gasteiger partial charge in [0, 0.05) is 6.07 Å². The molecule has 0 atom stereocenters. The second kappa shape index (κ2) is 12.0. The number of methoxy groups -OCH3 is 5. The maximum absolute atomic E-state index is 11.9. The molecule has 0 aliphatic heterocycles. The highest BCUT2D eigenvalue weighted by Crippen LogP contribution is 2.29. The van der Waals surface area contributed by atoms with Crippen LogP contribution in [0.15, 0.2) is 54.6 Å². The fourth-order valence-electron chi connectivity index (χ4n) is 4.03. The van der Waals surface area contributed by atoms with Crippen molar-refractivity contribution in [1.82, 2.24) is 0 Å². The number of para-hydroxylation sites is 1. The van der Waals surface area contributed by atoms with Crippen molar-refractivity contribution in [3.8, 4) is 23.0 Å². The standard InChI is InChI=1S/C28H32O6/c1-30-23-15-20(16-24(18-23)31-2)10-13-22-8-6-7-21(27(22)33-4)12-9-19-11-14-25(28(29)34-5)26(17-19)32-3/h6-8,11,14-18H,9-10,12-13H2,1-5H3. The van der Waals surface area contributed by atoms with Crippen LogP contribution in [0.5, 0.6) is 23.0 Å². The molecule has 0 aliphatic carbocycles. The predicted octanol–water partition coefficient (Wildman–Crippen LogP) is 5.08. The number of benzene rings is 3. The third-order valence-corrected chi connectivity index (χ3v) is 5.83. The molecule has 180 valence electrons. The van der Waals surface area contributed by atoms with Crippen LogP contribution < -0.4 is 18.9 Å². The Hall–Kier alpha value is -3.67. The van der Waals surface area contributed by atoms with Crippen LogP contribution in [0.25, 0.3) is 0 Å². The lowest BCUT2D eigenvalue weighted by atomic mass is 9.97. The van der Waals surface area contributed by atoms with E-state index in [-0.39, 0.29) is 0 Å². The first-order chi connectivity index (χ1) is 16.5. The van der Waals surface area contributed by atoms with E-state index in [1.165, 1.54) is 7.11 Å². The van der Waals surface area contributed by atoms with Gasteiger partial charge in [-0.1, -0.05) is 24.3 Å². The van der Waals surface area contributed by atoms with Gasteiger partial charge in [0.1, 0.15) is 28.6 Å². The molecule has 3 aromatic rings. The van der Waals surface area contributed by atoms with Gasteiger partial charge in [-0.05, 0) is 72.2 Å². The SMILES string of the molecule is COC(=O)c1ccc(CCc2cccc(CCc3cc(OC)cc(OC)c3)c2OC)cc1OC. The number of esters is 1. The van der Waals surface area contributed by atoms with Crippen LogP contribution in [0.1, 0.15) is 32.6 Å². The number of aryl methyl sites for hydroxylation is 4.